The molecular formula is C15H16ClNO2. The van der Waals surface area contributed by atoms with Gasteiger partial charge in [-0.1, -0.05) is 17.7 Å². The van der Waals surface area contributed by atoms with Crippen molar-refractivity contribution in [3.05, 3.63) is 53.1 Å². The lowest BCUT2D eigenvalue weighted by Crippen LogP contribution is -1.97. The first-order valence-electron chi connectivity index (χ1n) is 6.08. The van der Waals surface area contributed by atoms with Gasteiger partial charge in [0.2, 0.25) is 0 Å². The molecule has 0 radical (unpaired) electrons. The molecule has 0 saturated heterocycles. The van der Waals surface area contributed by atoms with Crippen molar-refractivity contribution in [2.24, 2.45) is 0 Å². The van der Waals surface area contributed by atoms with Crippen molar-refractivity contribution in [1.82, 2.24) is 0 Å². The van der Waals surface area contributed by atoms with Crippen LogP contribution >= 0.6 is 11.6 Å². The van der Waals surface area contributed by atoms with Crippen molar-refractivity contribution in [2.45, 2.75) is 13.5 Å². The number of halogens is 1. The van der Waals surface area contributed by atoms with Crippen LogP contribution in [0.4, 0.5) is 5.69 Å². The second-order valence-corrected chi connectivity index (χ2v) is 4.46. The Morgan fingerprint density at radius 3 is 2.21 bits per heavy atom. The Hall–Kier alpha value is -1.87. The zero-order valence-electron chi connectivity index (χ0n) is 10.7. The Kier molecular flexibility index (Phi) is 4.53. The molecule has 2 rings (SSSR count). The van der Waals surface area contributed by atoms with E-state index in [-0.39, 0.29) is 0 Å². The molecule has 0 aromatic heterocycles. The minimum Gasteiger partial charge on any atom is -0.494 e. The van der Waals surface area contributed by atoms with Crippen molar-refractivity contribution in [3.8, 4) is 11.5 Å². The summed E-state index contributed by atoms with van der Waals surface area (Å²) in [6, 6.07) is 13.0. The molecule has 2 aromatic carbocycles. The summed E-state index contributed by atoms with van der Waals surface area (Å²) in [4.78, 5) is 0. The number of hydrogen-bond acceptors (Lipinski definition) is 3. The number of rotatable bonds is 5. The quantitative estimate of drug-likeness (QED) is 0.843. The molecule has 19 heavy (non-hydrogen) atoms. The average Bonchev–Trinajstić information content (AvgIpc) is 2.42. The number of benzene rings is 2. The van der Waals surface area contributed by atoms with Gasteiger partial charge in [-0.2, -0.15) is 0 Å². The molecule has 3 nitrogen and oxygen atoms in total. The molecule has 0 amide bonds. The molecule has 100 valence electrons. The topological polar surface area (TPSA) is 44.5 Å². The highest BCUT2D eigenvalue weighted by Crippen LogP contribution is 2.22. The molecule has 0 aliphatic rings. The minimum atomic E-state index is 0.454. The molecule has 2 N–H and O–H groups in total. The Morgan fingerprint density at radius 2 is 1.63 bits per heavy atom. The second kappa shape index (κ2) is 6.34. The second-order valence-electron chi connectivity index (χ2n) is 4.05. The molecule has 0 unspecified atom stereocenters. The predicted octanol–water partition coefficient (Wildman–Crippen LogP) is 3.90. The molecule has 0 spiro atoms. The third-order valence-corrected chi connectivity index (χ3v) is 2.94. The first-order valence-corrected chi connectivity index (χ1v) is 6.46. The maximum Gasteiger partial charge on any atom is 0.120 e. The van der Waals surface area contributed by atoms with Gasteiger partial charge < -0.3 is 15.2 Å². The monoisotopic (exact) mass is 277 g/mol. The Morgan fingerprint density at radius 1 is 1.00 bits per heavy atom. The smallest absolute Gasteiger partial charge is 0.120 e. The Labute approximate surface area is 117 Å². The van der Waals surface area contributed by atoms with Crippen molar-refractivity contribution < 1.29 is 9.47 Å². The van der Waals surface area contributed by atoms with E-state index < -0.39 is 0 Å². The fourth-order valence-electron chi connectivity index (χ4n) is 1.65. The number of nitrogens with two attached hydrogens (primary N) is 1. The fourth-order valence-corrected chi connectivity index (χ4v) is 1.77. The van der Waals surface area contributed by atoms with Crippen LogP contribution in [0.3, 0.4) is 0 Å². The standard InChI is InChI=1S/C15H16ClNO2/c1-2-18-12-4-6-13(7-5-12)19-10-11-3-8-14(16)15(17)9-11/h3-9H,2,10,17H2,1H3. The highest BCUT2D eigenvalue weighted by atomic mass is 35.5. The van der Waals surface area contributed by atoms with Crippen LogP contribution in [0.1, 0.15) is 12.5 Å². The van der Waals surface area contributed by atoms with Gasteiger partial charge in [0.05, 0.1) is 17.3 Å². The average molecular weight is 278 g/mol. The third kappa shape index (κ3) is 3.80. The predicted molar refractivity (Wildman–Crippen MR) is 77.8 cm³/mol. The van der Waals surface area contributed by atoms with Crippen molar-refractivity contribution in [3.63, 3.8) is 0 Å². The van der Waals surface area contributed by atoms with Crippen LogP contribution in [0.2, 0.25) is 5.02 Å². The van der Waals surface area contributed by atoms with E-state index in [0.29, 0.717) is 23.9 Å². The van der Waals surface area contributed by atoms with Crippen molar-refractivity contribution in [1.29, 1.82) is 0 Å². The van der Waals surface area contributed by atoms with Crippen LogP contribution in [0.5, 0.6) is 11.5 Å². The summed E-state index contributed by atoms with van der Waals surface area (Å²) in [7, 11) is 0. The summed E-state index contributed by atoms with van der Waals surface area (Å²) >= 11 is 5.87. The Balaban J connectivity index is 1.96. The van der Waals surface area contributed by atoms with Gasteiger partial charge in [0.15, 0.2) is 0 Å². The van der Waals surface area contributed by atoms with E-state index in [1.165, 1.54) is 0 Å². The minimum absolute atomic E-state index is 0.454. The first-order chi connectivity index (χ1) is 9.19. The van der Waals surface area contributed by atoms with E-state index in [1.807, 2.05) is 43.3 Å². The van der Waals surface area contributed by atoms with E-state index >= 15 is 0 Å². The summed E-state index contributed by atoms with van der Waals surface area (Å²) in [5.41, 5.74) is 7.29. The lowest BCUT2D eigenvalue weighted by Gasteiger charge is -2.08. The van der Waals surface area contributed by atoms with Crippen LogP contribution in [0.25, 0.3) is 0 Å². The molecule has 0 atom stereocenters. The van der Waals surface area contributed by atoms with Gasteiger partial charge in [0.25, 0.3) is 0 Å². The zero-order valence-corrected chi connectivity index (χ0v) is 11.5. The van der Waals surface area contributed by atoms with Gasteiger partial charge in [-0.15, -0.1) is 0 Å². The molecular weight excluding hydrogens is 262 g/mol. The zero-order chi connectivity index (χ0) is 13.7. The molecule has 2 aromatic rings. The van der Waals surface area contributed by atoms with E-state index in [2.05, 4.69) is 0 Å². The number of nitrogen functional groups attached to an aromatic ring is 1. The molecule has 0 aliphatic carbocycles. The van der Waals surface area contributed by atoms with Crippen LogP contribution in [-0.4, -0.2) is 6.61 Å². The highest BCUT2D eigenvalue weighted by molar-refractivity contribution is 6.33. The van der Waals surface area contributed by atoms with E-state index in [0.717, 1.165) is 17.1 Å². The SMILES string of the molecule is CCOc1ccc(OCc2ccc(Cl)c(N)c2)cc1. The third-order valence-electron chi connectivity index (χ3n) is 2.60. The first kappa shape index (κ1) is 13.6. The molecule has 4 heteroatoms. The molecule has 0 saturated carbocycles. The largest absolute Gasteiger partial charge is 0.494 e. The van der Waals surface area contributed by atoms with Gasteiger partial charge in [0, 0.05) is 0 Å². The van der Waals surface area contributed by atoms with Crippen LogP contribution in [-0.2, 0) is 6.61 Å². The van der Waals surface area contributed by atoms with Crippen LogP contribution in [0.15, 0.2) is 42.5 Å². The molecule has 0 heterocycles. The fraction of sp³-hybridized carbons (Fsp3) is 0.200. The number of hydrogen-bond donors (Lipinski definition) is 1. The lowest BCUT2D eigenvalue weighted by atomic mass is 10.2. The molecule has 0 bridgehead atoms. The molecule has 0 aliphatic heterocycles. The lowest BCUT2D eigenvalue weighted by molar-refractivity contribution is 0.304. The van der Waals surface area contributed by atoms with Crippen molar-refractivity contribution in [2.75, 3.05) is 12.3 Å². The summed E-state index contributed by atoms with van der Waals surface area (Å²) in [6.45, 7) is 3.06. The Bertz CT molecular complexity index is 540. The van der Waals surface area contributed by atoms with Crippen molar-refractivity contribution >= 4 is 17.3 Å². The van der Waals surface area contributed by atoms with Crippen LogP contribution < -0.4 is 15.2 Å². The van der Waals surface area contributed by atoms with E-state index in [1.54, 1.807) is 6.07 Å². The normalized spacial score (nSPS) is 10.2. The number of anilines is 1. The highest BCUT2D eigenvalue weighted by Gasteiger charge is 2.00. The van der Waals surface area contributed by atoms with Gasteiger partial charge in [-0.05, 0) is 48.9 Å². The summed E-state index contributed by atoms with van der Waals surface area (Å²) in [5.74, 6) is 1.63. The van der Waals surface area contributed by atoms with Gasteiger partial charge >= 0.3 is 0 Å². The summed E-state index contributed by atoms with van der Waals surface area (Å²) in [5, 5.41) is 0.560. The number of ether oxygens (including phenoxy) is 2. The van der Waals surface area contributed by atoms with Gasteiger partial charge in [-0.25, -0.2) is 0 Å². The van der Waals surface area contributed by atoms with Gasteiger partial charge in [0.1, 0.15) is 18.1 Å². The maximum absolute atomic E-state index is 5.87. The van der Waals surface area contributed by atoms with Gasteiger partial charge in [-0.3, -0.25) is 0 Å². The summed E-state index contributed by atoms with van der Waals surface area (Å²) < 4.78 is 11.0. The van der Waals surface area contributed by atoms with E-state index in [4.69, 9.17) is 26.8 Å². The maximum atomic E-state index is 5.87. The van der Waals surface area contributed by atoms with E-state index in [9.17, 15) is 0 Å². The molecule has 0 fully saturated rings. The van der Waals surface area contributed by atoms with Crippen LogP contribution in [0, 0.1) is 0 Å². The summed E-state index contributed by atoms with van der Waals surface area (Å²) in [6.07, 6.45) is 0.